The van der Waals surface area contributed by atoms with Gasteiger partial charge in [-0.1, -0.05) is 0 Å². The fourth-order valence-corrected chi connectivity index (χ4v) is 3.72. The molecule has 1 aromatic rings. The normalized spacial score (nSPS) is 22.4. The molecule has 1 heterocycles. The van der Waals surface area contributed by atoms with Crippen molar-refractivity contribution in [2.45, 2.75) is 24.9 Å². The number of hydrogen-bond acceptors (Lipinski definition) is 4. The first kappa shape index (κ1) is 16.5. The Labute approximate surface area is 136 Å². The van der Waals surface area contributed by atoms with Gasteiger partial charge in [0.2, 0.25) is 0 Å². The first-order valence-electron chi connectivity index (χ1n) is 6.69. The molecule has 1 saturated heterocycles. The number of nitrogens with zero attached hydrogens (tertiary/aromatic N) is 1. The number of likely N-dealkylation sites (N-methyl/N-ethyl adjacent to an activating group) is 1. The number of phenols is 1. The Morgan fingerprint density at radius 1 is 1.48 bits per heavy atom. The quantitative estimate of drug-likeness (QED) is 0.606. The van der Waals surface area contributed by atoms with Gasteiger partial charge < -0.3 is 0 Å². The van der Waals surface area contributed by atoms with Gasteiger partial charge in [-0.15, -0.1) is 0 Å². The summed E-state index contributed by atoms with van der Waals surface area (Å²) < 4.78 is 0.694. The van der Waals surface area contributed by atoms with Crippen molar-refractivity contribution in [2.24, 2.45) is 0 Å². The standard InChI is InChI=1S/C15H18NO3S.Ni/c1-16-12(6-7-13(16)15(18)19)8-9-20-10-11-4-2-3-5-14(11)17;/h2-5,8,12-13,17H,6-7,9H2,1H3,(H,18,19);/q-1;/t12-,13-;/m1./s1. The van der Waals surface area contributed by atoms with Crippen LogP contribution in [0.4, 0.5) is 0 Å². The van der Waals surface area contributed by atoms with Gasteiger partial charge in [0.1, 0.15) is 0 Å². The zero-order valence-electron chi connectivity index (χ0n) is 11.6. The fraction of sp³-hybridized carbons (Fsp3) is 0.400. The van der Waals surface area contributed by atoms with E-state index < -0.39 is 5.97 Å². The molecule has 0 aromatic heterocycles. The van der Waals surface area contributed by atoms with E-state index in [1.54, 1.807) is 12.1 Å². The molecule has 0 spiro atoms. The van der Waals surface area contributed by atoms with Crippen LogP contribution in [-0.4, -0.2) is 49.8 Å². The monoisotopic (exact) mass is 350 g/mol. The van der Waals surface area contributed by atoms with Crippen molar-refractivity contribution in [1.29, 1.82) is 0 Å². The number of carboxylic acid groups (broad SMARTS) is 1. The van der Waals surface area contributed by atoms with E-state index in [0.29, 0.717) is 21.6 Å². The molecule has 1 aliphatic rings. The average Bonchev–Trinajstić information content (AvgIpc) is 2.81. The van der Waals surface area contributed by atoms with Gasteiger partial charge in [-0.25, -0.2) is 0 Å². The molecule has 4 nitrogen and oxygen atoms in total. The molecule has 2 N–H and O–H groups in total. The summed E-state index contributed by atoms with van der Waals surface area (Å²) in [5.74, 6) is 0.161. The van der Waals surface area contributed by atoms with Gasteiger partial charge in [0.25, 0.3) is 0 Å². The van der Waals surface area contributed by atoms with Crippen LogP contribution >= 0.6 is 11.8 Å². The molecule has 0 radical (unpaired) electrons. The van der Waals surface area contributed by atoms with Crippen LogP contribution in [0.25, 0.3) is 0 Å². The van der Waals surface area contributed by atoms with Gasteiger partial charge in [0.05, 0.1) is 0 Å². The van der Waals surface area contributed by atoms with Crippen molar-refractivity contribution in [2.75, 3.05) is 12.8 Å². The summed E-state index contributed by atoms with van der Waals surface area (Å²) >= 11 is 6.49. The van der Waals surface area contributed by atoms with Gasteiger partial charge in [0, 0.05) is 0 Å². The second kappa shape index (κ2) is 7.43. The number of carbonyl (C=O) groups is 1. The molecule has 1 aromatic carbocycles. The molecular weight excluding hydrogens is 333 g/mol. The second-order valence-electron chi connectivity index (χ2n) is 4.97. The van der Waals surface area contributed by atoms with E-state index in [0.717, 1.165) is 6.42 Å². The summed E-state index contributed by atoms with van der Waals surface area (Å²) in [6.45, 7) is 0. The van der Waals surface area contributed by atoms with Crippen LogP contribution in [0.1, 0.15) is 18.4 Å². The summed E-state index contributed by atoms with van der Waals surface area (Å²) in [4.78, 5) is 13.0. The first-order valence-corrected chi connectivity index (χ1v) is 8.17. The van der Waals surface area contributed by atoms with Crippen LogP contribution in [-0.2, 0) is 19.8 Å². The van der Waals surface area contributed by atoms with Gasteiger partial charge in [-0.3, -0.25) is 0 Å². The van der Waals surface area contributed by atoms with E-state index in [1.807, 2.05) is 24.1 Å². The van der Waals surface area contributed by atoms with E-state index in [2.05, 4.69) is 6.42 Å². The average molecular weight is 351 g/mol. The summed E-state index contributed by atoms with van der Waals surface area (Å²) in [5, 5.41) is 18.8. The van der Waals surface area contributed by atoms with Gasteiger partial charge in [-0.2, -0.15) is 0 Å². The molecule has 21 heavy (non-hydrogen) atoms. The van der Waals surface area contributed by atoms with Crippen molar-refractivity contribution in [1.82, 2.24) is 4.90 Å². The van der Waals surface area contributed by atoms with E-state index in [1.165, 1.54) is 11.8 Å². The summed E-state index contributed by atoms with van der Waals surface area (Å²) in [6, 6.07) is 6.84. The van der Waals surface area contributed by atoms with Crippen LogP contribution in [0.3, 0.4) is 0 Å². The summed E-state index contributed by atoms with van der Waals surface area (Å²) in [5.41, 5.74) is 0.694. The molecule has 0 aliphatic carbocycles. The van der Waals surface area contributed by atoms with E-state index in [9.17, 15) is 9.90 Å². The van der Waals surface area contributed by atoms with Crippen molar-refractivity contribution in [3.63, 3.8) is 0 Å². The van der Waals surface area contributed by atoms with Gasteiger partial charge in [-0.05, 0) is 0 Å². The number of likely N-dealkylation sites (tertiary alicyclic amines) is 1. The maximum absolute atomic E-state index is 11.1. The molecule has 1 aliphatic heterocycles. The topological polar surface area (TPSA) is 60.8 Å². The third-order valence-corrected chi connectivity index (χ3v) is 5.21. The number of para-hydroxylation sites is 1. The minimum absolute atomic E-state index is 0.177. The minimum atomic E-state index is -0.756. The van der Waals surface area contributed by atoms with Gasteiger partial charge >= 0.3 is 136 Å². The first-order chi connectivity index (χ1) is 10.0. The van der Waals surface area contributed by atoms with Crippen LogP contribution in [0.2, 0.25) is 0 Å². The molecule has 2 rings (SSSR count). The van der Waals surface area contributed by atoms with E-state index >= 15 is 0 Å². The number of aromatic hydroxyl groups is 1. The molecular formula is C15H18NNiO3S-. The molecule has 0 amide bonds. The molecule has 6 heteroatoms. The Kier molecular flexibility index (Phi) is 5.85. The molecule has 118 valence electrons. The number of benzene rings is 1. The Bertz CT molecular complexity index is 537. The predicted octanol–water partition coefficient (Wildman–Crippen LogP) is 1.90. The van der Waals surface area contributed by atoms with Crippen LogP contribution in [0.15, 0.2) is 24.3 Å². The molecule has 0 bridgehead atoms. The number of thioether (sulfide) groups is 1. The van der Waals surface area contributed by atoms with Crippen LogP contribution < -0.4 is 0 Å². The van der Waals surface area contributed by atoms with E-state index in [4.69, 9.17) is 20.1 Å². The summed E-state index contributed by atoms with van der Waals surface area (Å²) in [6.07, 6.45) is 3.65. The van der Waals surface area contributed by atoms with Crippen LogP contribution in [0.5, 0.6) is 5.75 Å². The Morgan fingerprint density at radius 3 is 2.81 bits per heavy atom. The predicted molar refractivity (Wildman–Crippen MR) is 81.2 cm³/mol. The van der Waals surface area contributed by atoms with Gasteiger partial charge in [0.15, 0.2) is 0 Å². The molecule has 2 atom stereocenters. The fourth-order valence-electron chi connectivity index (χ4n) is 2.48. The van der Waals surface area contributed by atoms with Crippen molar-refractivity contribution in [3.05, 3.63) is 36.2 Å². The second-order valence-corrected chi connectivity index (χ2v) is 6.78. The zero-order chi connectivity index (χ0) is 15.4. The number of rotatable bonds is 6. The van der Waals surface area contributed by atoms with Crippen LogP contribution in [0, 0.1) is 6.42 Å². The Hall–Kier alpha value is -0.836. The third-order valence-electron chi connectivity index (χ3n) is 3.70. The third kappa shape index (κ3) is 4.09. The molecule has 0 saturated carbocycles. The number of phenolic OH excluding ortho intramolecular Hbond substituents is 1. The van der Waals surface area contributed by atoms with E-state index in [-0.39, 0.29) is 17.8 Å². The van der Waals surface area contributed by atoms with Crippen molar-refractivity contribution >= 4 is 21.6 Å². The molecule has 1 fully saturated rings. The summed E-state index contributed by atoms with van der Waals surface area (Å²) in [7, 11) is 1.85. The number of hydrogen-bond donors (Lipinski definition) is 2. The van der Waals surface area contributed by atoms with Crippen molar-refractivity contribution < 1.29 is 30.0 Å². The maximum atomic E-state index is 11.1. The van der Waals surface area contributed by atoms with Crippen molar-refractivity contribution in [3.8, 4) is 5.75 Å². The number of carboxylic acids is 1. The Balaban J connectivity index is 1.81. The number of aliphatic carboxylic acids is 1. The SMILES string of the molecule is CN1[C@@H](C(=O)O)CC[C@@H]1[CH-]CS[C](=[Ni])c1ccccc1O. The zero-order valence-corrected chi connectivity index (χ0v) is 13.4. The Morgan fingerprint density at radius 2 is 2.19 bits per heavy atom. The molecule has 0 unspecified atom stereocenters.